The first kappa shape index (κ1) is 17.6. The van der Waals surface area contributed by atoms with Gasteiger partial charge >= 0.3 is 0 Å². The van der Waals surface area contributed by atoms with E-state index in [2.05, 4.69) is 17.5 Å². The highest BCUT2D eigenvalue weighted by molar-refractivity contribution is 8.15. The molecule has 0 aromatic heterocycles. The smallest absolute Gasteiger partial charge is 0.240 e. The normalized spacial score (nSPS) is 30.8. The van der Waals surface area contributed by atoms with Gasteiger partial charge in [0.25, 0.3) is 0 Å². The van der Waals surface area contributed by atoms with Gasteiger partial charge in [0.15, 0.2) is 5.17 Å². The van der Waals surface area contributed by atoms with Crippen LogP contribution < -0.4 is 10.2 Å². The average Bonchev–Trinajstić information content (AvgIpc) is 3.31. The summed E-state index contributed by atoms with van der Waals surface area (Å²) in [7, 11) is 1.70. The van der Waals surface area contributed by atoms with Crippen molar-refractivity contribution in [1.29, 1.82) is 0 Å². The summed E-state index contributed by atoms with van der Waals surface area (Å²) in [4.78, 5) is 31.1. The van der Waals surface area contributed by atoms with E-state index in [0.29, 0.717) is 27.7 Å². The monoisotopic (exact) mass is 389 g/mol. The van der Waals surface area contributed by atoms with Gasteiger partial charge in [-0.25, -0.2) is 0 Å². The number of hydrogen-bond donors (Lipinski definition) is 1. The van der Waals surface area contributed by atoms with Crippen LogP contribution in [0.15, 0.2) is 41.4 Å². The van der Waals surface area contributed by atoms with Crippen molar-refractivity contribution in [2.75, 3.05) is 11.9 Å². The maximum absolute atomic E-state index is 12.6. The topological polar surface area (TPSA) is 61.8 Å². The molecule has 0 radical (unpaired) electrons. The van der Waals surface area contributed by atoms with Crippen LogP contribution in [0.1, 0.15) is 19.3 Å². The zero-order valence-corrected chi connectivity index (χ0v) is 16.0. The summed E-state index contributed by atoms with van der Waals surface area (Å²) in [5.41, 5.74) is 0.716. The lowest BCUT2D eigenvalue weighted by atomic mass is 10.0. The fourth-order valence-electron chi connectivity index (χ4n) is 3.78. The van der Waals surface area contributed by atoms with Gasteiger partial charge in [0.05, 0.1) is 6.04 Å². The Morgan fingerprint density at radius 3 is 2.92 bits per heavy atom. The largest absolute Gasteiger partial charge is 0.315 e. The molecule has 1 saturated heterocycles. The number of amidine groups is 1. The predicted molar refractivity (Wildman–Crippen MR) is 106 cm³/mol. The van der Waals surface area contributed by atoms with Crippen LogP contribution in [0.4, 0.5) is 5.69 Å². The number of benzene rings is 1. The van der Waals surface area contributed by atoms with Gasteiger partial charge in [0, 0.05) is 24.2 Å². The molecular weight excluding hydrogens is 370 g/mol. The molecule has 1 N–H and O–H groups in total. The summed E-state index contributed by atoms with van der Waals surface area (Å²) in [5.74, 6) is 0.879. The Kier molecular flexibility index (Phi) is 4.80. The zero-order valence-electron chi connectivity index (χ0n) is 14.4. The molecule has 136 valence electrons. The number of amides is 2. The molecule has 2 amide bonds. The van der Waals surface area contributed by atoms with Crippen LogP contribution >= 0.6 is 23.4 Å². The number of hydrogen-bond acceptors (Lipinski definition) is 4. The van der Waals surface area contributed by atoms with Gasteiger partial charge < -0.3 is 10.2 Å². The molecule has 1 saturated carbocycles. The number of aliphatic imine (C=N–C) groups is 1. The van der Waals surface area contributed by atoms with Crippen LogP contribution in [0.5, 0.6) is 0 Å². The van der Waals surface area contributed by atoms with Crippen molar-refractivity contribution in [3.8, 4) is 0 Å². The maximum Gasteiger partial charge on any atom is 0.240 e. The number of allylic oxidation sites excluding steroid dienone is 1. The third kappa shape index (κ3) is 3.53. The van der Waals surface area contributed by atoms with E-state index in [1.807, 2.05) is 6.07 Å². The molecule has 2 aliphatic carbocycles. The second kappa shape index (κ2) is 7.08. The molecule has 7 heteroatoms. The maximum atomic E-state index is 12.6. The van der Waals surface area contributed by atoms with Crippen molar-refractivity contribution >= 4 is 46.0 Å². The molecule has 0 spiro atoms. The van der Waals surface area contributed by atoms with Gasteiger partial charge in [-0.2, -0.15) is 0 Å². The molecule has 1 aromatic carbocycles. The second-order valence-electron chi connectivity index (χ2n) is 7.01. The second-order valence-corrected chi connectivity index (χ2v) is 8.64. The van der Waals surface area contributed by atoms with E-state index in [-0.39, 0.29) is 24.3 Å². The summed E-state index contributed by atoms with van der Waals surface area (Å²) >= 11 is 7.36. The Labute approximate surface area is 161 Å². The number of nitrogens with zero attached hydrogens (tertiary/aromatic N) is 2. The number of rotatable bonds is 4. The van der Waals surface area contributed by atoms with E-state index in [1.165, 1.54) is 23.1 Å². The van der Waals surface area contributed by atoms with Crippen LogP contribution in [0.25, 0.3) is 0 Å². The highest BCUT2D eigenvalue weighted by Gasteiger charge is 2.38. The quantitative estimate of drug-likeness (QED) is 0.804. The molecule has 3 aliphatic rings. The van der Waals surface area contributed by atoms with E-state index in [9.17, 15) is 9.59 Å². The number of carbonyl (C=O) groups excluding carboxylic acids is 2. The zero-order chi connectivity index (χ0) is 18.3. The van der Waals surface area contributed by atoms with E-state index < -0.39 is 5.25 Å². The highest BCUT2D eigenvalue weighted by Crippen LogP contribution is 2.41. The van der Waals surface area contributed by atoms with Crippen LogP contribution in [0, 0.1) is 11.8 Å². The molecular formula is C19H20ClN3O2S. The lowest BCUT2D eigenvalue weighted by molar-refractivity contribution is -0.123. The minimum atomic E-state index is -0.433. The number of carbonyl (C=O) groups is 2. The van der Waals surface area contributed by atoms with Crippen molar-refractivity contribution in [2.45, 2.75) is 30.6 Å². The lowest BCUT2D eigenvalue weighted by Crippen LogP contribution is -2.32. The highest BCUT2D eigenvalue weighted by atomic mass is 35.5. The molecule has 4 atom stereocenters. The fourth-order valence-corrected chi connectivity index (χ4v) is 4.98. The van der Waals surface area contributed by atoms with Gasteiger partial charge in [-0.1, -0.05) is 41.6 Å². The first-order valence-electron chi connectivity index (χ1n) is 8.75. The number of halogens is 1. The Morgan fingerprint density at radius 1 is 1.38 bits per heavy atom. The van der Waals surface area contributed by atoms with Gasteiger partial charge in [-0.05, 0) is 42.9 Å². The molecule has 1 heterocycles. The summed E-state index contributed by atoms with van der Waals surface area (Å²) in [5, 5.41) is 3.64. The van der Waals surface area contributed by atoms with Crippen molar-refractivity contribution in [1.82, 2.24) is 5.32 Å². The standard InChI is InChI=1S/C19H20ClN3O2S/c1-23(14-4-2-3-13(20)9-14)17(24)10-16-18(25)22-19(26-16)21-15-8-11-5-6-12(15)7-11/h2-6,9,11-12,15-16H,7-8,10H2,1H3,(H,21,22,25). The van der Waals surface area contributed by atoms with E-state index in [0.717, 1.165) is 6.42 Å². The molecule has 4 unspecified atom stereocenters. The summed E-state index contributed by atoms with van der Waals surface area (Å²) < 4.78 is 0. The van der Waals surface area contributed by atoms with Crippen molar-refractivity contribution < 1.29 is 9.59 Å². The fraction of sp³-hybridized carbons (Fsp3) is 0.421. The first-order valence-corrected chi connectivity index (χ1v) is 10.0. The Bertz CT molecular complexity index is 810. The van der Waals surface area contributed by atoms with Crippen LogP contribution in [-0.2, 0) is 9.59 Å². The van der Waals surface area contributed by atoms with Gasteiger partial charge in [-0.3, -0.25) is 14.6 Å². The number of thioether (sulfide) groups is 1. The third-order valence-corrected chi connectivity index (χ3v) is 6.56. The molecule has 1 aliphatic heterocycles. The summed E-state index contributed by atoms with van der Waals surface area (Å²) in [6.45, 7) is 0. The first-order chi connectivity index (χ1) is 12.5. The van der Waals surface area contributed by atoms with Crippen LogP contribution in [0.3, 0.4) is 0 Å². The van der Waals surface area contributed by atoms with Gasteiger partial charge in [-0.15, -0.1) is 0 Å². The minimum absolute atomic E-state index is 0.121. The number of fused-ring (bicyclic) bond motifs is 2. The Balaban J connectivity index is 1.38. The molecule has 5 nitrogen and oxygen atoms in total. The third-order valence-electron chi connectivity index (χ3n) is 5.23. The molecule has 4 rings (SSSR count). The van der Waals surface area contributed by atoms with E-state index >= 15 is 0 Å². The minimum Gasteiger partial charge on any atom is -0.315 e. The lowest BCUT2D eigenvalue weighted by Gasteiger charge is -2.18. The summed E-state index contributed by atoms with van der Waals surface area (Å²) in [6.07, 6.45) is 6.88. The van der Waals surface area contributed by atoms with Crippen LogP contribution in [0.2, 0.25) is 5.02 Å². The predicted octanol–water partition coefficient (Wildman–Crippen LogP) is 3.25. The van der Waals surface area contributed by atoms with E-state index in [4.69, 9.17) is 16.6 Å². The SMILES string of the molecule is CN(C(=O)CC1SC(=NC2CC3C=CC2C3)NC1=O)c1cccc(Cl)c1. The molecule has 2 bridgehead atoms. The van der Waals surface area contributed by atoms with E-state index in [1.54, 1.807) is 25.2 Å². The van der Waals surface area contributed by atoms with Crippen molar-refractivity contribution in [3.05, 3.63) is 41.4 Å². The Hall–Kier alpha value is -1.79. The summed E-state index contributed by atoms with van der Waals surface area (Å²) in [6, 6.07) is 7.37. The average molecular weight is 390 g/mol. The number of anilines is 1. The number of nitrogens with one attached hydrogen (secondary N) is 1. The molecule has 2 fully saturated rings. The molecule has 26 heavy (non-hydrogen) atoms. The Morgan fingerprint density at radius 2 is 2.23 bits per heavy atom. The van der Waals surface area contributed by atoms with Crippen molar-refractivity contribution in [2.24, 2.45) is 16.8 Å². The van der Waals surface area contributed by atoms with Gasteiger partial charge in [0.1, 0.15) is 5.25 Å². The van der Waals surface area contributed by atoms with Gasteiger partial charge in [0.2, 0.25) is 11.8 Å². The van der Waals surface area contributed by atoms with Crippen LogP contribution in [-0.4, -0.2) is 35.3 Å². The molecule has 1 aromatic rings. The van der Waals surface area contributed by atoms with Crippen molar-refractivity contribution in [3.63, 3.8) is 0 Å².